The van der Waals surface area contributed by atoms with Crippen molar-refractivity contribution in [1.29, 1.82) is 0 Å². The van der Waals surface area contributed by atoms with Crippen LogP contribution in [0.25, 0.3) is 16.7 Å². The van der Waals surface area contributed by atoms with E-state index in [2.05, 4.69) is 15.3 Å². The molecule has 0 saturated heterocycles. The minimum Gasteiger partial charge on any atom is -0.459 e. The highest BCUT2D eigenvalue weighted by Crippen LogP contribution is 2.39. The molecule has 2 aromatic carbocycles. The van der Waals surface area contributed by atoms with Gasteiger partial charge >= 0.3 is 0 Å². The number of aliphatic hydroxyl groups is 1. The molecule has 3 N–H and O–H groups in total. The smallest absolute Gasteiger partial charge is 0.286 e. The maximum absolute atomic E-state index is 14.1. The lowest BCUT2D eigenvalue weighted by Gasteiger charge is -2.36. The molecule has 5 rings (SSSR count). The lowest BCUT2D eigenvalue weighted by Crippen LogP contribution is -2.40. The van der Waals surface area contributed by atoms with Crippen LogP contribution >= 0.6 is 0 Å². The first kappa shape index (κ1) is 32.2. The minimum absolute atomic E-state index is 0.0470. The van der Waals surface area contributed by atoms with Crippen molar-refractivity contribution >= 4 is 16.9 Å². The first-order chi connectivity index (χ1) is 21.9. The van der Waals surface area contributed by atoms with E-state index in [0.717, 1.165) is 22.4 Å². The van der Waals surface area contributed by atoms with Crippen LogP contribution < -0.4 is 10.9 Å². The Labute approximate surface area is 261 Å². The second-order valence-electron chi connectivity index (χ2n) is 10.8. The van der Waals surface area contributed by atoms with Gasteiger partial charge in [-0.3, -0.25) is 14.3 Å². The SMILES string of the molecule is CCO[C@H]1OC(C(=O)NCc2nc3ccccc3[nH]2)=C[C@@H](c2c(C)n(C)n(-c3ccccc3)c2=O)[C@H]1CCOCCOCCO. The highest BCUT2D eigenvalue weighted by molar-refractivity contribution is 5.91. The van der Waals surface area contributed by atoms with Gasteiger partial charge in [-0.1, -0.05) is 30.3 Å². The van der Waals surface area contributed by atoms with Crippen molar-refractivity contribution in [3.63, 3.8) is 0 Å². The maximum Gasteiger partial charge on any atom is 0.286 e. The maximum atomic E-state index is 14.1. The van der Waals surface area contributed by atoms with E-state index in [4.69, 9.17) is 24.1 Å². The van der Waals surface area contributed by atoms with Gasteiger partial charge in [-0.05, 0) is 50.6 Å². The molecule has 12 nitrogen and oxygen atoms in total. The van der Waals surface area contributed by atoms with Gasteiger partial charge in [0, 0.05) is 43.4 Å². The fourth-order valence-electron chi connectivity index (χ4n) is 5.69. The molecule has 1 aliphatic rings. The zero-order valence-electron chi connectivity index (χ0n) is 25.9. The average Bonchev–Trinajstić information content (AvgIpc) is 3.57. The Bertz CT molecular complexity index is 1630. The Morgan fingerprint density at radius 1 is 1.07 bits per heavy atom. The van der Waals surface area contributed by atoms with Crippen LogP contribution in [0.3, 0.4) is 0 Å². The summed E-state index contributed by atoms with van der Waals surface area (Å²) in [5.74, 6) is -0.564. The van der Waals surface area contributed by atoms with E-state index in [1.54, 1.807) is 10.8 Å². The van der Waals surface area contributed by atoms with E-state index < -0.39 is 18.1 Å². The summed E-state index contributed by atoms with van der Waals surface area (Å²) in [7, 11) is 1.85. The number of carbonyl (C=O) groups excluding carboxylic acids is 1. The number of fused-ring (bicyclic) bond motifs is 1. The lowest BCUT2D eigenvalue weighted by molar-refractivity contribution is -0.168. The number of amides is 1. The van der Waals surface area contributed by atoms with Gasteiger partial charge in [0.2, 0.25) is 6.29 Å². The summed E-state index contributed by atoms with van der Waals surface area (Å²) in [6.45, 7) is 5.55. The van der Waals surface area contributed by atoms with Crippen LogP contribution in [0.4, 0.5) is 0 Å². The largest absolute Gasteiger partial charge is 0.459 e. The van der Waals surface area contributed by atoms with Crippen molar-refractivity contribution < 1.29 is 28.8 Å². The van der Waals surface area contributed by atoms with Crippen LogP contribution in [-0.2, 0) is 37.3 Å². The van der Waals surface area contributed by atoms with Gasteiger partial charge in [0.15, 0.2) is 5.76 Å². The Morgan fingerprint density at radius 3 is 2.53 bits per heavy atom. The number of ether oxygens (including phenoxy) is 4. The summed E-state index contributed by atoms with van der Waals surface area (Å²) in [4.78, 5) is 35.4. The summed E-state index contributed by atoms with van der Waals surface area (Å²) in [5, 5.41) is 11.8. The van der Waals surface area contributed by atoms with E-state index in [9.17, 15) is 9.59 Å². The Balaban J connectivity index is 1.44. The van der Waals surface area contributed by atoms with Crippen molar-refractivity contribution in [2.45, 2.75) is 39.0 Å². The number of rotatable bonds is 15. The third kappa shape index (κ3) is 7.36. The number of nitrogens with zero attached hydrogens (tertiary/aromatic N) is 3. The number of hydrogen-bond acceptors (Lipinski definition) is 8. The Hall–Kier alpha value is -4.23. The number of carbonyl (C=O) groups is 1. The van der Waals surface area contributed by atoms with Crippen molar-refractivity contribution in [2.75, 3.05) is 39.6 Å². The van der Waals surface area contributed by atoms with E-state index in [1.165, 1.54) is 0 Å². The molecule has 0 unspecified atom stereocenters. The topological polar surface area (TPSA) is 142 Å². The van der Waals surface area contributed by atoms with Crippen molar-refractivity contribution in [3.8, 4) is 5.69 Å². The summed E-state index contributed by atoms with van der Waals surface area (Å²) in [6, 6.07) is 17.1. The number of nitrogens with one attached hydrogen (secondary N) is 2. The van der Waals surface area contributed by atoms with Crippen LogP contribution in [0.15, 0.2) is 71.2 Å². The molecule has 0 bridgehead atoms. The van der Waals surface area contributed by atoms with E-state index in [1.807, 2.05) is 80.2 Å². The zero-order valence-corrected chi connectivity index (χ0v) is 25.9. The average molecular weight is 620 g/mol. The highest BCUT2D eigenvalue weighted by Gasteiger charge is 2.41. The monoisotopic (exact) mass is 619 g/mol. The van der Waals surface area contributed by atoms with Crippen LogP contribution in [-0.4, -0.2) is 76.3 Å². The molecule has 12 heteroatoms. The molecule has 240 valence electrons. The third-order valence-corrected chi connectivity index (χ3v) is 7.93. The van der Waals surface area contributed by atoms with Crippen LogP contribution in [0, 0.1) is 12.8 Å². The fraction of sp³-hybridized carbons (Fsp3) is 0.424. The van der Waals surface area contributed by atoms with Gasteiger partial charge in [0.1, 0.15) is 5.82 Å². The number of aliphatic hydroxyl groups excluding tert-OH is 1. The molecule has 1 aliphatic heterocycles. The number of allylic oxidation sites excluding steroid dienone is 1. The molecule has 1 amide bonds. The quantitative estimate of drug-likeness (QED) is 0.173. The van der Waals surface area contributed by atoms with E-state index >= 15 is 0 Å². The number of imidazole rings is 1. The van der Waals surface area contributed by atoms with E-state index in [-0.39, 0.29) is 37.0 Å². The first-order valence-corrected chi connectivity index (χ1v) is 15.2. The Morgan fingerprint density at radius 2 is 1.80 bits per heavy atom. The molecule has 4 aromatic rings. The molecule has 2 aromatic heterocycles. The van der Waals surface area contributed by atoms with Gasteiger partial charge in [0.05, 0.1) is 49.7 Å². The summed E-state index contributed by atoms with van der Waals surface area (Å²) < 4.78 is 26.8. The molecule has 45 heavy (non-hydrogen) atoms. The fourth-order valence-corrected chi connectivity index (χ4v) is 5.69. The summed E-state index contributed by atoms with van der Waals surface area (Å²) in [5.41, 5.74) is 3.59. The summed E-state index contributed by atoms with van der Waals surface area (Å²) in [6.07, 6.45) is 1.44. The van der Waals surface area contributed by atoms with Crippen molar-refractivity contribution in [1.82, 2.24) is 24.6 Å². The van der Waals surface area contributed by atoms with Crippen LogP contribution in [0.5, 0.6) is 0 Å². The van der Waals surface area contributed by atoms with Crippen LogP contribution in [0.1, 0.15) is 36.3 Å². The molecular weight excluding hydrogens is 578 g/mol. The standard InChI is InChI=1S/C33H41N5O7/c1-4-44-33-24(14-16-42-18-19-43-17-15-39)25(30-22(2)37(3)38(32(30)41)23-10-6-5-7-11-23)20-28(45-33)31(40)34-21-29-35-26-12-8-9-13-27(26)36-29/h5-13,20,24-25,33,39H,4,14-19,21H2,1-3H3,(H,34,40)(H,35,36)/t24-,25-,33+/m1/s1. The molecule has 3 atom stereocenters. The molecule has 0 radical (unpaired) electrons. The Kier molecular flexibility index (Phi) is 10.8. The number of benzene rings is 2. The van der Waals surface area contributed by atoms with Gasteiger partial charge in [-0.25, -0.2) is 9.67 Å². The number of aromatic amines is 1. The molecular formula is C33H41N5O7. The molecule has 0 aliphatic carbocycles. The molecule has 0 saturated carbocycles. The normalized spacial score (nSPS) is 18.1. The second kappa shape index (κ2) is 15.2. The molecule has 0 spiro atoms. The third-order valence-electron chi connectivity index (χ3n) is 7.93. The second-order valence-corrected chi connectivity index (χ2v) is 10.8. The zero-order chi connectivity index (χ0) is 31.8. The van der Waals surface area contributed by atoms with Gasteiger partial charge in [-0.15, -0.1) is 0 Å². The van der Waals surface area contributed by atoms with Crippen LogP contribution in [0.2, 0.25) is 0 Å². The highest BCUT2D eigenvalue weighted by atomic mass is 16.7. The van der Waals surface area contributed by atoms with Gasteiger partial charge in [0.25, 0.3) is 11.5 Å². The van der Waals surface area contributed by atoms with Crippen molar-refractivity contribution in [2.24, 2.45) is 13.0 Å². The van der Waals surface area contributed by atoms with Gasteiger partial charge in [-0.2, -0.15) is 0 Å². The first-order valence-electron chi connectivity index (χ1n) is 15.2. The number of hydrogen-bond donors (Lipinski definition) is 3. The van der Waals surface area contributed by atoms with E-state index in [0.29, 0.717) is 44.2 Å². The predicted octanol–water partition coefficient (Wildman–Crippen LogP) is 3.07. The molecule has 0 fully saturated rings. The van der Waals surface area contributed by atoms with Gasteiger partial charge < -0.3 is 34.4 Å². The lowest BCUT2D eigenvalue weighted by atomic mass is 9.81. The number of aromatic nitrogens is 4. The summed E-state index contributed by atoms with van der Waals surface area (Å²) >= 11 is 0. The predicted molar refractivity (Wildman–Crippen MR) is 168 cm³/mol. The van der Waals surface area contributed by atoms with Crippen molar-refractivity contribution in [3.05, 3.63) is 93.9 Å². The number of para-hydroxylation sites is 3. The molecule has 3 heterocycles. The minimum atomic E-state index is -0.796. The number of H-pyrrole nitrogens is 1.